The Morgan fingerprint density at radius 2 is 1.93 bits per heavy atom. The molecular formula is C12H14O3. The first-order valence-electron chi connectivity index (χ1n) is 4.55. The molecule has 1 aromatic carbocycles. The average molecular weight is 206 g/mol. The van der Waals surface area contributed by atoms with Gasteiger partial charge in [-0.1, -0.05) is 36.9 Å². The molecule has 1 rings (SSSR count). The molecule has 0 heterocycles. The van der Waals surface area contributed by atoms with E-state index in [1.165, 1.54) is 14.0 Å². The van der Waals surface area contributed by atoms with Gasteiger partial charge in [-0.05, 0) is 12.5 Å². The van der Waals surface area contributed by atoms with Gasteiger partial charge in [0.1, 0.15) is 5.60 Å². The molecular weight excluding hydrogens is 192 g/mol. The van der Waals surface area contributed by atoms with Crippen molar-refractivity contribution in [2.24, 2.45) is 0 Å². The third kappa shape index (κ3) is 2.25. The fourth-order valence-corrected chi connectivity index (χ4v) is 1.26. The number of carbonyl (C=O) groups is 1. The van der Waals surface area contributed by atoms with Crippen molar-refractivity contribution in [2.75, 3.05) is 7.11 Å². The first kappa shape index (κ1) is 11.5. The molecule has 1 unspecified atom stereocenters. The number of benzene rings is 1. The van der Waals surface area contributed by atoms with Crippen LogP contribution in [0.4, 0.5) is 0 Å². The van der Waals surface area contributed by atoms with E-state index in [1.807, 2.05) is 6.07 Å². The minimum Gasteiger partial charge on any atom is -0.466 e. The number of hydrogen-bond acceptors (Lipinski definition) is 3. The topological polar surface area (TPSA) is 46.5 Å². The summed E-state index contributed by atoms with van der Waals surface area (Å²) in [7, 11) is 1.26. The molecule has 0 saturated heterocycles. The van der Waals surface area contributed by atoms with Crippen LogP contribution in [0.15, 0.2) is 42.5 Å². The van der Waals surface area contributed by atoms with E-state index in [2.05, 4.69) is 11.3 Å². The van der Waals surface area contributed by atoms with E-state index in [1.54, 1.807) is 24.3 Å². The largest absolute Gasteiger partial charge is 0.466 e. The maximum Gasteiger partial charge on any atom is 0.336 e. The van der Waals surface area contributed by atoms with Crippen LogP contribution in [0.2, 0.25) is 0 Å². The molecule has 0 bridgehead atoms. The summed E-state index contributed by atoms with van der Waals surface area (Å²) < 4.78 is 4.52. The van der Waals surface area contributed by atoms with Crippen LogP contribution >= 0.6 is 0 Å². The zero-order chi connectivity index (χ0) is 11.5. The molecule has 3 heteroatoms. The van der Waals surface area contributed by atoms with Crippen molar-refractivity contribution in [3.05, 3.63) is 48.0 Å². The van der Waals surface area contributed by atoms with Gasteiger partial charge >= 0.3 is 5.97 Å². The highest BCUT2D eigenvalue weighted by Gasteiger charge is 2.31. The molecule has 80 valence electrons. The molecule has 0 aromatic heterocycles. The first-order valence-corrected chi connectivity index (χ1v) is 4.55. The van der Waals surface area contributed by atoms with E-state index in [-0.39, 0.29) is 5.57 Å². The summed E-state index contributed by atoms with van der Waals surface area (Å²) in [6, 6.07) is 8.87. The van der Waals surface area contributed by atoms with Crippen LogP contribution < -0.4 is 0 Å². The molecule has 1 atom stereocenters. The first-order chi connectivity index (χ1) is 7.00. The fourth-order valence-electron chi connectivity index (χ4n) is 1.26. The fraction of sp³-hybridized carbons (Fsp3) is 0.250. The number of esters is 1. The third-order valence-corrected chi connectivity index (χ3v) is 2.36. The molecule has 0 aliphatic rings. The SMILES string of the molecule is C=C(C(=O)OC)C(C)(O)c1ccccc1. The van der Waals surface area contributed by atoms with E-state index in [0.29, 0.717) is 5.56 Å². The van der Waals surface area contributed by atoms with Crippen LogP contribution in [-0.2, 0) is 15.1 Å². The van der Waals surface area contributed by atoms with Crippen molar-refractivity contribution in [2.45, 2.75) is 12.5 Å². The smallest absolute Gasteiger partial charge is 0.336 e. The van der Waals surface area contributed by atoms with Gasteiger partial charge in [0, 0.05) is 0 Å². The van der Waals surface area contributed by atoms with Crippen LogP contribution in [0.25, 0.3) is 0 Å². The molecule has 3 nitrogen and oxygen atoms in total. The van der Waals surface area contributed by atoms with Crippen LogP contribution in [0, 0.1) is 0 Å². The molecule has 0 spiro atoms. The van der Waals surface area contributed by atoms with Gasteiger partial charge in [-0.3, -0.25) is 0 Å². The Kier molecular flexibility index (Phi) is 3.27. The van der Waals surface area contributed by atoms with Gasteiger partial charge in [-0.25, -0.2) is 4.79 Å². The molecule has 15 heavy (non-hydrogen) atoms. The second-order valence-electron chi connectivity index (χ2n) is 3.41. The van der Waals surface area contributed by atoms with Gasteiger partial charge in [-0.2, -0.15) is 0 Å². The van der Waals surface area contributed by atoms with Gasteiger partial charge in [0.2, 0.25) is 0 Å². The van der Waals surface area contributed by atoms with Crippen molar-refractivity contribution in [3.8, 4) is 0 Å². The molecule has 0 aliphatic heterocycles. The van der Waals surface area contributed by atoms with Crippen LogP contribution in [0.3, 0.4) is 0 Å². The zero-order valence-electron chi connectivity index (χ0n) is 8.86. The van der Waals surface area contributed by atoms with Crippen molar-refractivity contribution < 1.29 is 14.6 Å². The lowest BCUT2D eigenvalue weighted by atomic mass is 9.89. The zero-order valence-corrected chi connectivity index (χ0v) is 8.86. The number of rotatable bonds is 3. The van der Waals surface area contributed by atoms with Crippen LogP contribution in [0.5, 0.6) is 0 Å². The van der Waals surface area contributed by atoms with E-state index in [0.717, 1.165) is 0 Å². The highest BCUT2D eigenvalue weighted by molar-refractivity contribution is 5.90. The van der Waals surface area contributed by atoms with Gasteiger partial charge in [0.15, 0.2) is 0 Å². The van der Waals surface area contributed by atoms with E-state index >= 15 is 0 Å². The maximum absolute atomic E-state index is 11.3. The number of aliphatic hydroxyl groups is 1. The number of hydrogen-bond donors (Lipinski definition) is 1. The van der Waals surface area contributed by atoms with Gasteiger partial charge in [-0.15, -0.1) is 0 Å². The molecule has 0 saturated carbocycles. The lowest BCUT2D eigenvalue weighted by Crippen LogP contribution is -2.28. The summed E-state index contributed by atoms with van der Waals surface area (Å²) in [5.74, 6) is -0.608. The Bertz CT molecular complexity index is 366. The average Bonchev–Trinajstić information content (AvgIpc) is 2.28. The predicted molar refractivity (Wildman–Crippen MR) is 57.2 cm³/mol. The highest BCUT2D eigenvalue weighted by Crippen LogP contribution is 2.28. The molecule has 1 N–H and O–H groups in total. The van der Waals surface area contributed by atoms with E-state index in [9.17, 15) is 9.90 Å². The van der Waals surface area contributed by atoms with Crippen molar-refractivity contribution in [1.29, 1.82) is 0 Å². The second kappa shape index (κ2) is 4.28. The van der Waals surface area contributed by atoms with Gasteiger partial charge in [0.25, 0.3) is 0 Å². The maximum atomic E-state index is 11.3. The Balaban J connectivity index is 3.03. The van der Waals surface area contributed by atoms with Crippen molar-refractivity contribution in [1.82, 2.24) is 0 Å². The normalized spacial score (nSPS) is 14.1. The second-order valence-corrected chi connectivity index (χ2v) is 3.41. The summed E-state index contributed by atoms with van der Waals surface area (Å²) in [4.78, 5) is 11.3. The molecule has 0 amide bonds. The van der Waals surface area contributed by atoms with E-state index in [4.69, 9.17) is 0 Å². The van der Waals surface area contributed by atoms with Crippen molar-refractivity contribution >= 4 is 5.97 Å². The minimum absolute atomic E-state index is 0.0243. The number of carbonyl (C=O) groups excluding carboxylic acids is 1. The molecule has 0 aliphatic carbocycles. The third-order valence-electron chi connectivity index (χ3n) is 2.36. The summed E-state index contributed by atoms with van der Waals surface area (Å²) in [5, 5.41) is 10.2. The Morgan fingerprint density at radius 1 is 1.40 bits per heavy atom. The van der Waals surface area contributed by atoms with Crippen molar-refractivity contribution in [3.63, 3.8) is 0 Å². The van der Waals surface area contributed by atoms with E-state index < -0.39 is 11.6 Å². The van der Waals surface area contributed by atoms with Crippen LogP contribution in [-0.4, -0.2) is 18.2 Å². The molecule has 0 fully saturated rings. The highest BCUT2D eigenvalue weighted by atomic mass is 16.5. The van der Waals surface area contributed by atoms with Crippen LogP contribution in [0.1, 0.15) is 12.5 Å². The quantitative estimate of drug-likeness (QED) is 0.604. The Morgan fingerprint density at radius 3 is 2.40 bits per heavy atom. The summed E-state index contributed by atoms with van der Waals surface area (Å²) in [6.07, 6.45) is 0. The summed E-state index contributed by atoms with van der Waals surface area (Å²) >= 11 is 0. The number of methoxy groups -OCH3 is 1. The number of ether oxygens (including phenoxy) is 1. The molecule has 1 aromatic rings. The predicted octanol–water partition coefficient (Wildman–Crippen LogP) is 1.62. The van der Waals surface area contributed by atoms with Gasteiger partial charge in [0.05, 0.1) is 12.7 Å². The summed E-state index contributed by atoms with van der Waals surface area (Å²) in [5.41, 5.74) is -0.759. The Labute approximate surface area is 89.0 Å². The Hall–Kier alpha value is -1.61. The lowest BCUT2D eigenvalue weighted by molar-refractivity contribution is -0.138. The standard InChI is InChI=1S/C12H14O3/c1-9(11(13)15-3)12(2,14)10-7-5-4-6-8-10/h4-8,14H,1H2,2-3H3. The summed E-state index contributed by atoms with van der Waals surface area (Å²) in [6.45, 7) is 5.06. The van der Waals surface area contributed by atoms with Gasteiger partial charge < -0.3 is 9.84 Å². The minimum atomic E-state index is -1.39. The molecule has 0 radical (unpaired) electrons. The monoisotopic (exact) mass is 206 g/mol. The lowest BCUT2D eigenvalue weighted by Gasteiger charge is -2.24.